The van der Waals surface area contributed by atoms with Crippen LogP contribution in [-0.4, -0.2) is 11.1 Å². The molecule has 2 aromatic carbocycles. The molecule has 3 aromatic rings. The molecule has 0 amide bonds. The van der Waals surface area contributed by atoms with Crippen molar-refractivity contribution >= 4 is 10.8 Å². The van der Waals surface area contributed by atoms with Crippen molar-refractivity contribution in [1.29, 1.82) is 0 Å². The van der Waals surface area contributed by atoms with Crippen LogP contribution in [0, 0.1) is 0 Å². The molecule has 0 aliphatic carbocycles. The predicted molar refractivity (Wildman–Crippen MR) is 88.4 cm³/mol. The highest BCUT2D eigenvalue weighted by atomic mass is 15.1. The Morgan fingerprint density at radius 2 is 1.57 bits per heavy atom. The molecule has 0 unspecified atom stereocenters. The van der Waals surface area contributed by atoms with Gasteiger partial charge in [0.2, 0.25) is 0 Å². The van der Waals surface area contributed by atoms with Gasteiger partial charge in [-0.2, -0.15) is 0 Å². The fourth-order valence-corrected chi connectivity index (χ4v) is 3.67. The minimum absolute atomic E-state index is 0.00484. The lowest BCUT2D eigenvalue weighted by molar-refractivity contribution is 0.331. The van der Waals surface area contributed by atoms with Crippen LogP contribution >= 0.6 is 0 Å². The lowest BCUT2D eigenvalue weighted by Gasteiger charge is -2.34. The summed E-state index contributed by atoms with van der Waals surface area (Å²) in [6.07, 6.45) is 0. The molecule has 1 aliphatic heterocycles. The second-order valence-electron chi connectivity index (χ2n) is 6.31. The first-order valence-corrected chi connectivity index (χ1v) is 7.61. The lowest BCUT2D eigenvalue weighted by Crippen LogP contribution is -2.44. The highest BCUT2D eigenvalue weighted by Crippen LogP contribution is 2.39. The maximum atomic E-state index is 3.65. The summed E-state index contributed by atoms with van der Waals surface area (Å²) in [6, 6.07) is 19.5. The molecule has 0 radical (unpaired) electrons. The SMILES string of the molecule is CC1(C)NCCn2c(-c3ccccc3)c3ccccc3c21. The van der Waals surface area contributed by atoms with Crippen molar-refractivity contribution in [2.75, 3.05) is 6.54 Å². The Balaban J connectivity index is 2.13. The van der Waals surface area contributed by atoms with Crippen molar-refractivity contribution in [3.05, 3.63) is 60.3 Å². The van der Waals surface area contributed by atoms with Gasteiger partial charge in [0.1, 0.15) is 0 Å². The molecule has 0 saturated carbocycles. The molecule has 1 aromatic heterocycles. The van der Waals surface area contributed by atoms with E-state index in [1.165, 1.54) is 27.7 Å². The summed E-state index contributed by atoms with van der Waals surface area (Å²) in [7, 11) is 0. The van der Waals surface area contributed by atoms with Gasteiger partial charge in [-0.3, -0.25) is 0 Å². The van der Waals surface area contributed by atoms with Crippen LogP contribution in [0.15, 0.2) is 54.6 Å². The second-order valence-corrected chi connectivity index (χ2v) is 6.31. The Kier molecular flexibility index (Phi) is 2.69. The molecule has 0 spiro atoms. The molecule has 2 nitrogen and oxygen atoms in total. The highest BCUT2D eigenvalue weighted by Gasteiger charge is 2.32. The molecule has 2 heterocycles. The summed E-state index contributed by atoms with van der Waals surface area (Å²) >= 11 is 0. The predicted octanol–water partition coefficient (Wildman–Crippen LogP) is 4.15. The Bertz CT molecular complexity index is 797. The Morgan fingerprint density at radius 3 is 2.33 bits per heavy atom. The molecule has 4 rings (SSSR count). The maximum Gasteiger partial charge on any atom is 0.0563 e. The van der Waals surface area contributed by atoms with Crippen molar-refractivity contribution in [3.8, 4) is 11.3 Å². The number of hydrogen-bond donors (Lipinski definition) is 1. The van der Waals surface area contributed by atoms with E-state index < -0.39 is 0 Å². The van der Waals surface area contributed by atoms with Gasteiger partial charge in [0, 0.05) is 29.6 Å². The van der Waals surface area contributed by atoms with Crippen molar-refractivity contribution in [3.63, 3.8) is 0 Å². The van der Waals surface area contributed by atoms with Crippen molar-refractivity contribution in [2.24, 2.45) is 0 Å². The van der Waals surface area contributed by atoms with Gasteiger partial charge in [0.05, 0.1) is 11.2 Å². The normalized spacial score (nSPS) is 16.9. The van der Waals surface area contributed by atoms with E-state index in [0.717, 1.165) is 13.1 Å². The van der Waals surface area contributed by atoms with Crippen molar-refractivity contribution < 1.29 is 0 Å². The van der Waals surface area contributed by atoms with Crippen LogP contribution in [0.4, 0.5) is 0 Å². The third-order valence-electron chi connectivity index (χ3n) is 4.52. The van der Waals surface area contributed by atoms with Crippen LogP contribution in [0.2, 0.25) is 0 Å². The zero-order valence-corrected chi connectivity index (χ0v) is 12.6. The number of rotatable bonds is 1. The molecule has 1 aliphatic rings. The van der Waals surface area contributed by atoms with Gasteiger partial charge in [0.15, 0.2) is 0 Å². The van der Waals surface area contributed by atoms with E-state index in [-0.39, 0.29) is 5.54 Å². The molecule has 0 bridgehead atoms. The standard InChI is InChI=1S/C19H20N2/c1-19(2)18-16-11-7-6-10-15(16)17(21(18)13-12-20-19)14-8-4-3-5-9-14/h3-11,20H,12-13H2,1-2H3. The first kappa shape index (κ1) is 12.7. The minimum Gasteiger partial charge on any atom is -0.341 e. The maximum absolute atomic E-state index is 3.65. The molecule has 1 N–H and O–H groups in total. The largest absolute Gasteiger partial charge is 0.341 e. The Morgan fingerprint density at radius 1 is 0.905 bits per heavy atom. The summed E-state index contributed by atoms with van der Waals surface area (Å²) in [5.41, 5.74) is 4.07. The van der Waals surface area contributed by atoms with E-state index in [2.05, 4.69) is 78.3 Å². The third-order valence-corrected chi connectivity index (χ3v) is 4.52. The minimum atomic E-state index is 0.00484. The van der Waals surface area contributed by atoms with Gasteiger partial charge in [-0.15, -0.1) is 0 Å². The number of benzene rings is 2. The summed E-state index contributed by atoms with van der Waals surface area (Å²) in [6.45, 7) is 6.59. The average Bonchev–Trinajstić information content (AvgIpc) is 2.83. The zero-order chi connectivity index (χ0) is 14.4. The van der Waals surface area contributed by atoms with Gasteiger partial charge in [-0.1, -0.05) is 54.6 Å². The fraction of sp³-hybridized carbons (Fsp3) is 0.263. The van der Waals surface area contributed by atoms with Gasteiger partial charge < -0.3 is 9.88 Å². The molecule has 0 atom stereocenters. The summed E-state index contributed by atoms with van der Waals surface area (Å²) in [4.78, 5) is 0. The fourth-order valence-electron chi connectivity index (χ4n) is 3.67. The first-order valence-electron chi connectivity index (χ1n) is 7.61. The van der Waals surface area contributed by atoms with E-state index in [9.17, 15) is 0 Å². The lowest BCUT2D eigenvalue weighted by atomic mass is 9.95. The van der Waals surface area contributed by atoms with Crippen molar-refractivity contribution in [1.82, 2.24) is 9.88 Å². The summed E-state index contributed by atoms with van der Waals surface area (Å²) < 4.78 is 2.51. The summed E-state index contributed by atoms with van der Waals surface area (Å²) in [5.74, 6) is 0. The van der Waals surface area contributed by atoms with E-state index >= 15 is 0 Å². The number of fused-ring (bicyclic) bond motifs is 3. The molecule has 0 saturated heterocycles. The molecule has 21 heavy (non-hydrogen) atoms. The zero-order valence-electron chi connectivity index (χ0n) is 12.6. The van der Waals surface area contributed by atoms with Crippen molar-refractivity contribution in [2.45, 2.75) is 25.9 Å². The number of aromatic nitrogens is 1. The first-order chi connectivity index (χ1) is 10.2. The van der Waals surface area contributed by atoms with Gasteiger partial charge in [0.25, 0.3) is 0 Å². The monoisotopic (exact) mass is 276 g/mol. The smallest absolute Gasteiger partial charge is 0.0563 e. The topological polar surface area (TPSA) is 17.0 Å². The van der Waals surface area contributed by atoms with Gasteiger partial charge in [-0.05, 0) is 19.4 Å². The highest BCUT2D eigenvalue weighted by molar-refractivity contribution is 5.99. The average molecular weight is 276 g/mol. The molecular weight excluding hydrogens is 256 g/mol. The van der Waals surface area contributed by atoms with E-state index in [4.69, 9.17) is 0 Å². The van der Waals surface area contributed by atoms with Gasteiger partial charge >= 0.3 is 0 Å². The second kappa shape index (κ2) is 4.47. The number of nitrogens with one attached hydrogen (secondary N) is 1. The molecular formula is C19H20N2. The molecule has 2 heteroatoms. The Labute approximate surface area is 125 Å². The summed E-state index contributed by atoms with van der Waals surface area (Å²) in [5, 5.41) is 6.38. The van der Waals surface area contributed by atoms with Crippen LogP contribution in [0.25, 0.3) is 22.0 Å². The van der Waals surface area contributed by atoms with E-state index in [0.29, 0.717) is 0 Å². The number of hydrogen-bond acceptors (Lipinski definition) is 1. The molecule has 0 fully saturated rings. The van der Waals surface area contributed by atoms with Crippen LogP contribution in [-0.2, 0) is 12.1 Å². The number of nitrogens with zero attached hydrogens (tertiary/aromatic N) is 1. The van der Waals surface area contributed by atoms with Crippen LogP contribution < -0.4 is 5.32 Å². The third kappa shape index (κ3) is 1.83. The van der Waals surface area contributed by atoms with Crippen LogP contribution in [0.3, 0.4) is 0 Å². The van der Waals surface area contributed by atoms with Gasteiger partial charge in [-0.25, -0.2) is 0 Å². The quantitative estimate of drug-likeness (QED) is 0.706. The van der Waals surface area contributed by atoms with E-state index in [1.807, 2.05) is 0 Å². The van der Waals surface area contributed by atoms with Crippen LogP contribution in [0.1, 0.15) is 19.5 Å². The molecule has 106 valence electrons. The van der Waals surface area contributed by atoms with Crippen LogP contribution in [0.5, 0.6) is 0 Å². The Hall–Kier alpha value is -2.06. The van der Waals surface area contributed by atoms with E-state index in [1.54, 1.807) is 0 Å².